The highest BCUT2D eigenvalue weighted by Crippen LogP contribution is 2.21. The van der Waals surface area contributed by atoms with Gasteiger partial charge in [-0.05, 0) is 43.4 Å². The van der Waals surface area contributed by atoms with Crippen molar-refractivity contribution in [3.8, 4) is 0 Å². The molecular formula is C14H18ClNO3S. The van der Waals surface area contributed by atoms with Gasteiger partial charge in [0.25, 0.3) is 0 Å². The molecule has 1 aromatic carbocycles. The molecule has 0 aliphatic rings. The van der Waals surface area contributed by atoms with Crippen molar-refractivity contribution in [3.63, 3.8) is 0 Å². The summed E-state index contributed by atoms with van der Waals surface area (Å²) >= 11 is 7.46. The molecule has 0 radical (unpaired) electrons. The Morgan fingerprint density at radius 1 is 1.30 bits per heavy atom. The molecule has 0 bridgehead atoms. The second kappa shape index (κ2) is 8.87. The minimum Gasteiger partial charge on any atom is -0.480 e. The highest BCUT2D eigenvalue weighted by atomic mass is 35.5. The number of hydrogen-bond acceptors (Lipinski definition) is 3. The molecule has 0 heterocycles. The molecular weight excluding hydrogens is 298 g/mol. The standard InChI is InChI=1S/C14H18ClNO3S/c1-2-16(10-14(18)19)13(17)4-3-9-20-12-7-5-11(15)6-8-12/h5-8H,2-4,9-10H2,1H3,(H,18,19). The van der Waals surface area contributed by atoms with Crippen molar-refractivity contribution in [1.29, 1.82) is 0 Å². The lowest BCUT2D eigenvalue weighted by molar-refractivity contribution is -0.144. The third-order valence-electron chi connectivity index (χ3n) is 2.68. The van der Waals surface area contributed by atoms with Crippen molar-refractivity contribution < 1.29 is 14.7 Å². The van der Waals surface area contributed by atoms with Gasteiger partial charge in [-0.3, -0.25) is 9.59 Å². The van der Waals surface area contributed by atoms with Crippen LogP contribution < -0.4 is 0 Å². The van der Waals surface area contributed by atoms with Gasteiger partial charge < -0.3 is 10.0 Å². The van der Waals surface area contributed by atoms with Gasteiger partial charge in [0.15, 0.2) is 0 Å². The first-order chi connectivity index (χ1) is 9.52. The fraction of sp³-hybridized carbons (Fsp3) is 0.429. The number of nitrogens with zero attached hydrogens (tertiary/aromatic N) is 1. The lowest BCUT2D eigenvalue weighted by Crippen LogP contribution is -2.35. The van der Waals surface area contributed by atoms with E-state index in [2.05, 4.69) is 0 Å². The van der Waals surface area contributed by atoms with Gasteiger partial charge in [-0.2, -0.15) is 0 Å². The average molecular weight is 316 g/mol. The minimum absolute atomic E-state index is 0.105. The maximum absolute atomic E-state index is 11.8. The molecule has 0 aliphatic heterocycles. The number of carbonyl (C=O) groups is 2. The van der Waals surface area contributed by atoms with E-state index in [1.807, 2.05) is 24.3 Å². The monoisotopic (exact) mass is 315 g/mol. The quantitative estimate of drug-likeness (QED) is 0.591. The molecule has 0 saturated carbocycles. The highest BCUT2D eigenvalue weighted by Gasteiger charge is 2.14. The molecule has 1 aromatic rings. The van der Waals surface area contributed by atoms with E-state index in [1.165, 1.54) is 4.90 Å². The summed E-state index contributed by atoms with van der Waals surface area (Å²) in [7, 11) is 0. The second-order valence-corrected chi connectivity index (χ2v) is 5.81. The van der Waals surface area contributed by atoms with Gasteiger partial charge in [0.2, 0.25) is 5.91 Å². The molecule has 0 spiro atoms. The van der Waals surface area contributed by atoms with E-state index in [-0.39, 0.29) is 12.5 Å². The Bertz CT molecular complexity index is 450. The Morgan fingerprint density at radius 3 is 2.50 bits per heavy atom. The average Bonchev–Trinajstić information content (AvgIpc) is 2.42. The van der Waals surface area contributed by atoms with Gasteiger partial charge in [-0.1, -0.05) is 11.6 Å². The maximum atomic E-state index is 11.8. The third kappa shape index (κ3) is 6.30. The molecule has 0 atom stereocenters. The van der Waals surface area contributed by atoms with Crippen LogP contribution in [0.3, 0.4) is 0 Å². The molecule has 1 rings (SSSR count). The van der Waals surface area contributed by atoms with Crippen LogP contribution in [0.4, 0.5) is 0 Å². The van der Waals surface area contributed by atoms with Crippen LogP contribution in [0.15, 0.2) is 29.2 Å². The Labute approximate surface area is 128 Å². The van der Waals surface area contributed by atoms with Crippen molar-refractivity contribution in [2.75, 3.05) is 18.8 Å². The molecule has 4 nitrogen and oxygen atoms in total. The van der Waals surface area contributed by atoms with Gasteiger partial charge in [0, 0.05) is 22.9 Å². The number of amides is 1. The van der Waals surface area contributed by atoms with Crippen LogP contribution in [0.2, 0.25) is 5.02 Å². The van der Waals surface area contributed by atoms with Gasteiger partial charge in [0.1, 0.15) is 6.54 Å². The summed E-state index contributed by atoms with van der Waals surface area (Å²) < 4.78 is 0. The number of hydrogen-bond donors (Lipinski definition) is 1. The normalized spacial score (nSPS) is 10.3. The Morgan fingerprint density at radius 2 is 1.95 bits per heavy atom. The number of aliphatic carboxylic acids is 1. The van der Waals surface area contributed by atoms with Gasteiger partial charge in [-0.15, -0.1) is 11.8 Å². The zero-order valence-electron chi connectivity index (χ0n) is 11.3. The predicted molar refractivity (Wildman–Crippen MR) is 81.3 cm³/mol. The number of rotatable bonds is 8. The molecule has 20 heavy (non-hydrogen) atoms. The summed E-state index contributed by atoms with van der Waals surface area (Å²) in [5, 5.41) is 9.40. The summed E-state index contributed by atoms with van der Waals surface area (Å²) in [6.45, 7) is 1.98. The highest BCUT2D eigenvalue weighted by molar-refractivity contribution is 7.99. The number of carboxylic acid groups (broad SMARTS) is 1. The van der Waals surface area contributed by atoms with Crippen LogP contribution in [0.1, 0.15) is 19.8 Å². The number of benzene rings is 1. The van der Waals surface area contributed by atoms with Crippen LogP contribution in [0, 0.1) is 0 Å². The molecule has 0 fully saturated rings. The number of halogens is 1. The van der Waals surface area contributed by atoms with E-state index in [1.54, 1.807) is 18.7 Å². The Kier molecular flexibility index (Phi) is 7.47. The fourth-order valence-corrected chi connectivity index (χ4v) is 2.62. The number of thioether (sulfide) groups is 1. The molecule has 0 aromatic heterocycles. The van der Waals surface area contributed by atoms with E-state index in [0.29, 0.717) is 18.0 Å². The maximum Gasteiger partial charge on any atom is 0.323 e. The van der Waals surface area contributed by atoms with Gasteiger partial charge in [-0.25, -0.2) is 0 Å². The Balaban J connectivity index is 2.27. The topological polar surface area (TPSA) is 57.6 Å². The van der Waals surface area contributed by atoms with Gasteiger partial charge in [0.05, 0.1) is 0 Å². The molecule has 0 saturated heterocycles. The Hall–Kier alpha value is -1.20. The first kappa shape index (κ1) is 16.9. The molecule has 0 unspecified atom stereocenters. The first-order valence-electron chi connectivity index (χ1n) is 6.41. The summed E-state index contributed by atoms with van der Waals surface area (Å²) in [5.41, 5.74) is 0. The summed E-state index contributed by atoms with van der Waals surface area (Å²) in [6, 6.07) is 7.55. The molecule has 1 amide bonds. The van der Waals surface area contributed by atoms with Crippen molar-refractivity contribution >= 4 is 35.2 Å². The van der Waals surface area contributed by atoms with Crippen LogP contribution >= 0.6 is 23.4 Å². The van der Waals surface area contributed by atoms with Crippen molar-refractivity contribution in [1.82, 2.24) is 4.90 Å². The summed E-state index contributed by atoms with van der Waals surface area (Å²) in [6.07, 6.45) is 1.10. The molecule has 6 heteroatoms. The molecule has 110 valence electrons. The van der Waals surface area contributed by atoms with Crippen molar-refractivity contribution in [2.24, 2.45) is 0 Å². The molecule has 1 N–H and O–H groups in total. The SMILES string of the molecule is CCN(CC(=O)O)C(=O)CCCSc1ccc(Cl)cc1. The summed E-state index contributed by atoms with van der Waals surface area (Å²) in [5.74, 6) is -0.264. The van der Waals surface area contributed by atoms with E-state index < -0.39 is 5.97 Å². The van der Waals surface area contributed by atoms with E-state index in [9.17, 15) is 9.59 Å². The fourth-order valence-electron chi connectivity index (χ4n) is 1.64. The van der Waals surface area contributed by atoms with Crippen LogP contribution in [0.5, 0.6) is 0 Å². The van der Waals surface area contributed by atoms with Crippen molar-refractivity contribution in [2.45, 2.75) is 24.7 Å². The number of carbonyl (C=O) groups excluding carboxylic acids is 1. The van der Waals surface area contributed by atoms with Crippen LogP contribution in [0.25, 0.3) is 0 Å². The first-order valence-corrected chi connectivity index (χ1v) is 7.77. The van der Waals surface area contributed by atoms with E-state index in [0.717, 1.165) is 17.1 Å². The second-order valence-electron chi connectivity index (χ2n) is 4.21. The zero-order chi connectivity index (χ0) is 15.0. The molecule has 0 aliphatic carbocycles. The van der Waals surface area contributed by atoms with Crippen molar-refractivity contribution in [3.05, 3.63) is 29.3 Å². The van der Waals surface area contributed by atoms with Crippen LogP contribution in [-0.4, -0.2) is 40.7 Å². The van der Waals surface area contributed by atoms with E-state index >= 15 is 0 Å². The third-order valence-corrected chi connectivity index (χ3v) is 4.03. The predicted octanol–water partition coefficient (Wildman–Crippen LogP) is 3.15. The zero-order valence-corrected chi connectivity index (χ0v) is 12.9. The number of carboxylic acids is 1. The smallest absolute Gasteiger partial charge is 0.323 e. The van der Waals surface area contributed by atoms with Crippen LogP contribution in [-0.2, 0) is 9.59 Å². The minimum atomic E-state index is -0.976. The van der Waals surface area contributed by atoms with E-state index in [4.69, 9.17) is 16.7 Å². The summed E-state index contributed by atoms with van der Waals surface area (Å²) in [4.78, 5) is 24.9. The lowest BCUT2D eigenvalue weighted by atomic mass is 10.3. The van der Waals surface area contributed by atoms with Gasteiger partial charge >= 0.3 is 5.97 Å². The largest absolute Gasteiger partial charge is 0.480 e. The number of likely N-dealkylation sites (N-methyl/N-ethyl adjacent to an activating group) is 1. The lowest BCUT2D eigenvalue weighted by Gasteiger charge is -2.18.